The Morgan fingerprint density at radius 1 is 1.14 bits per heavy atom. The number of nitrogens with zero attached hydrogens (tertiary/aromatic N) is 4. The summed E-state index contributed by atoms with van der Waals surface area (Å²) in [5.74, 6) is 2.00. The van der Waals surface area contributed by atoms with Gasteiger partial charge in [-0.1, -0.05) is 48.5 Å². The summed E-state index contributed by atoms with van der Waals surface area (Å²) in [5, 5.41) is 10.7. The van der Waals surface area contributed by atoms with Gasteiger partial charge in [-0.15, -0.1) is 10.2 Å². The van der Waals surface area contributed by atoms with Crippen molar-refractivity contribution in [3.8, 4) is 5.75 Å². The van der Waals surface area contributed by atoms with Crippen LogP contribution in [-0.2, 0) is 6.54 Å². The highest BCUT2D eigenvalue weighted by Crippen LogP contribution is 2.22. The van der Waals surface area contributed by atoms with Crippen molar-refractivity contribution >= 4 is 40.0 Å². The number of rotatable bonds is 7. The predicted molar refractivity (Wildman–Crippen MR) is 113 cm³/mol. The molecule has 28 heavy (non-hydrogen) atoms. The first-order chi connectivity index (χ1) is 13.7. The van der Waals surface area contributed by atoms with Crippen molar-refractivity contribution in [1.82, 2.24) is 19.2 Å². The van der Waals surface area contributed by atoms with E-state index in [1.165, 1.54) is 0 Å². The zero-order valence-electron chi connectivity index (χ0n) is 15.3. The summed E-state index contributed by atoms with van der Waals surface area (Å²) in [6.45, 7) is 3.15. The fourth-order valence-corrected chi connectivity index (χ4v) is 4.04. The standard InChI is InChI=1S/C20H19ClN4O2S/c1-2-10-24-18(26)16-8-3-4-9-17(16)25-19(24)22-23-20(25)28-12-11-27-15-7-5-6-14(21)13-15/h3-9,13H,2,10-12H2,1H3. The SMILES string of the molecule is CCCn1c(=O)c2ccccc2n2c(SCCOc3cccc(Cl)c3)nnc12. The second kappa shape index (κ2) is 8.24. The molecule has 0 aliphatic rings. The van der Waals surface area contributed by atoms with E-state index < -0.39 is 0 Å². The number of aromatic nitrogens is 4. The Balaban J connectivity index is 1.62. The Morgan fingerprint density at radius 3 is 2.82 bits per heavy atom. The molecule has 4 aromatic rings. The summed E-state index contributed by atoms with van der Waals surface area (Å²) >= 11 is 7.52. The third-order valence-electron chi connectivity index (χ3n) is 4.30. The molecule has 4 rings (SSSR count). The minimum Gasteiger partial charge on any atom is -0.493 e. The van der Waals surface area contributed by atoms with Crippen LogP contribution in [0, 0.1) is 0 Å². The van der Waals surface area contributed by atoms with Crippen LogP contribution in [0.25, 0.3) is 16.7 Å². The molecule has 0 unspecified atom stereocenters. The second-order valence-electron chi connectivity index (χ2n) is 6.25. The third-order valence-corrected chi connectivity index (χ3v) is 5.43. The molecule has 0 amide bonds. The molecule has 0 saturated carbocycles. The minimum absolute atomic E-state index is 0.0295. The van der Waals surface area contributed by atoms with Crippen LogP contribution in [0.1, 0.15) is 13.3 Å². The normalized spacial score (nSPS) is 11.4. The number of fused-ring (bicyclic) bond motifs is 3. The quantitative estimate of drug-likeness (QED) is 0.333. The van der Waals surface area contributed by atoms with Crippen LogP contribution in [0.3, 0.4) is 0 Å². The summed E-state index contributed by atoms with van der Waals surface area (Å²) in [6, 6.07) is 14.9. The first-order valence-electron chi connectivity index (χ1n) is 9.07. The van der Waals surface area contributed by atoms with Gasteiger partial charge in [0.15, 0.2) is 5.16 Å². The van der Waals surface area contributed by atoms with E-state index in [-0.39, 0.29) is 5.56 Å². The largest absolute Gasteiger partial charge is 0.493 e. The van der Waals surface area contributed by atoms with Crippen molar-refractivity contribution in [3.63, 3.8) is 0 Å². The van der Waals surface area contributed by atoms with Crippen molar-refractivity contribution in [3.05, 3.63) is 63.9 Å². The van der Waals surface area contributed by atoms with Crippen LogP contribution in [-0.4, -0.2) is 31.5 Å². The van der Waals surface area contributed by atoms with Crippen molar-refractivity contribution in [1.29, 1.82) is 0 Å². The van der Waals surface area contributed by atoms with Crippen LogP contribution < -0.4 is 10.3 Å². The molecular formula is C20H19ClN4O2S. The van der Waals surface area contributed by atoms with Crippen molar-refractivity contribution in [2.45, 2.75) is 25.0 Å². The van der Waals surface area contributed by atoms with E-state index >= 15 is 0 Å². The molecule has 0 bridgehead atoms. The lowest BCUT2D eigenvalue weighted by atomic mass is 10.2. The van der Waals surface area contributed by atoms with Crippen LogP contribution >= 0.6 is 23.4 Å². The zero-order chi connectivity index (χ0) is 19.5. The van der Waals surface area contributed by atoms with Crippen LogP contribution in [0.4, 0.5) is 0 Å². The molecule has 6 nitrogen and oxygen atoms in total. The van der Waals surface area contributed by atoms with E-state index in [9.17, 15) is 4.79 Å². The Labute approximate surface area is 171 Å². The van der Waals surface area contributed by atoms with Gasteiger partial charge in [0.05, 0.1) is 17.5 Å². The van der Waals surface area contributed by atoms with Gasteiger partial charge in [-0.25, -0.2) is 0 Å². The first kappa shape index (κ1) is 18.8. The number of halogens is 1. The molecule has 0 N–H and O–H groups in total. The summed E-state index contributed by atoms with van der Waals surface area (Å²) in [4.78, 5) is 12.8. The lowest BCUT2D eigenvalue weighted by Crippen LogP contribution is -2.23. The van der Waals surface area contributed by atoms with Crippen LogP contribution in [0.5, 0.6) is 5.75 Å². The van der Waals surface area contributed by atoms with Gasteiger partial charge in [0.2, 0.25) is 5.78 Å². The predicted octanol–water partition coefficient (Wildman–Crippen LogP) is 4.28. The van der Waals surface area contributed by atoms with Gasteiger partial charge in [-0.2, -0.15) is 0 Å². The molecule has 0 aliphatic carbocycles. The van der Waals surface area contributed by atoms with Crippen molar-refractivity contribution in [2.75, 3.05) is 12.4 Å². The number of thioether (sulfide) groups is 1. The molecule has 2 aromatic heterocycles. The van der Waals surface area contributed by atoms with E-state index in [0.29, 0.717) is 35.1 Å². The highest BCUT2D eigenvalue weighted by molar-refractivity contribution is 7.99. The summed E-state index contributed by atoms with van der Waals surface area (Å²) in [6.07, 6.45) is 0.844. The van der Waals surface area contributed by atoms with E-state index in [4.69, 9.17) is 16.3 Å². The Hall–Kier alpha value is -2.51. The van der Waals surface area contributed by atoms with Gasteiger partial charge in [-0.3, -0.25) is 13.8 Å². The molecule has 8 heteroatoms. The second-order valence-corrected chi connectivity index (χ2v) is 7.74. The molecule has 0 aliphatic heterocycles. The smallest absolute Gasteiger partial charge is 0.262 e. The lowest BCUT2D eigenvalue weighted by Gasteiger charge is -2.10. The van der Waals surface area contributed by atoms with E-state index in [2.05, 4.69) is 10.2 Å². The monoisotopic (exact) mass is 414 g/mol. The van der Waals surface area contributed by atoms with Gasteiger partial charge in [0, 0.05) is 17.3 Å². The number of para-hydroxylation sites is 1. The summed E-state index contributed by atoms with van der Waals surface area (Å²) in [7, 11) is 0. The highest BCUT2D eigenvalue weighted by atomic mass is 35.5. The zero-order valence-corrected chi connectivity index (χ0v) is 16.9. The van der Waals surface area contributed by atoms with Gasteiger partial charge in [0.25, 0.3) is 5.56 Å². The van der Waals surface area contributed by atoms with Gasteiger partial charge in [0.1, 0.15) is 5.75 Å². The molecule has 2 aromatic carbocycles. The molecule has 0 fully saturated rings. The van der Waals surface area contributed by atoms with E-state index in [1.807, 2.05) is 53.8 Å². The van der Waals surface area contributed by atoms with Crippen molar-refractivity contribution in [2.24, 2.45) is 0 Å². The Kier molecular flexibility index (Phi) is 5.54. The fraction of sp³-hybridized carbons (Fsp3) is 0.250. The number of hydrogen-bond acceptors (Lipinski definition) is 5. The molecule has 0 spiro atoms. The molecule has 2 heterocycles. The average Bonchev–Trinajstić information content (AvgIpc) is 3.12. The Bertz CT molecular complexity index is 1190. The minimum atomic E-state index is -0.0295. The molecule has 0 radical (unpaired) electrons. The lowest BCUT2D eigenvalue weighted by molar-refractivity contribution is 0.344. The number of hydrogen-bond donors (Lipinski definition) is 0. The van der Waals surface area contributed by atoms with E-state index in [0.717, 1.165) is 22.8 Å². The summed E-state index contributed by atoms with van der Waals surface area (Å²) < 4.78 is 9.40. The molecule has 0 atom stereocenters. The average molecular weight is 415 g/mol. The maximum Gasteiger partial charge on any atom is 0.262 e. The maximum atomic E-state index is 12.8. The Morgan fingerprint density at radius 2 is 2.00 bits per heavy atom. The van der Waals surface area contributed by atoms with Gasteiger partial charge >= 0.3 is 0 Å². The summed E-state index contributed by atoms with van der Waals surface area (Å²) in [5.41, 5.74) is 0.788. The van der Waals surface area contributed by atoms with Crippen LogP contribution in [0.15, 0.2) is 58.5 Å². The molecular weight excluding hydrogens is 396 g/mol. The number of benzene rings is 2. The van der Waals surface area contributed by atoms with Gasteiger partial charge in [-0.05, 0) is 36.8 Å². The third kappa shape index (κ3) is 3.59. The van der Waals surface area contributed by atoms with Gasteiger partial charge < -0.3 is 4.74 Å². The van der Waals surface area contributed by atoms with Crippen molar-refractivity contribution < 1.29 is 4.74 Å². The molecule has 144 valence electrons. The number of aryl methyl sites for hydroxylation is 1. The maximum absolute atomic E-state index is 12.8. The topological polar surface area (TPSA) is 61.4 Å². The molecule has 0 saturated heterocycles. The number of ether oxygens (including phenoxy) is 1. The van der Waals surface area contributed by atoms with E-state index in [1.54, 1.807) is 22.4 Å². The highest BCUT2D eigenvalue weighted by Gasteiger charge is 2.16. The fourth-order valence-electron chi connectivity index (χ4n) is 3.10. The van der Waals surface area contributed by atoms with Crippen LogP contribution in [0.2, 0.25) is 5.02 Å². The first-order valence-corrected chi connectivity index (χ1v) is 10.4.